The first-order valence-corrected chi connectivity index (χ1v) is 6.75. The minimum atomic E-state index is 0.261. The average molecular weight is 226 g/mol. The number of nitrogens with one attached hydrogen (secondary N) is 1. The molecule has 1 saturated carbocycles. The van der Waals surface area contributed by atoms with Crippen LogP contribution in [0.5, 0.6) is 0 Å². The van der Waals surface area contributed by atoms with Crippen molar-refractivity contribution in [3.63, 3.8) is 0 Å². The summed E-state index contributed by atoms with van der Waals surface area (Å²) in [5.41, 5.74) is 0.261. The highest BCUT2D eigenvalue weighted by Gasteiger charge is 2.34. The zero-order valence-electron chi connectivity index (χ0n) is 12.0. The maximum Gasteiger partial charge on any atom is 0.0133 e. The van der Waals surface area contributed by atoms with Gasteiger partial charge in [-0.25, -0.2) is 0 Å². The van der Waals surface area contributed by atoms with Crippen LogP contribution < -0.4 is 5.32 Å². The van der Waals surface area contributed by atoms with Crippen molar-refractivity contribution in [2.24, 2.45) is 11.8 Å². The van der Waals surface area contributed by atoms with Crippen molar-refractivity contribution in [3.05, 3.63) is 0 Å². The van der Waals surface area contributed by atoms with E-state index in [1.54, 1.807) is 0 Å². The van der Waals surface area contributed by atoms with Gasteiger partial charge in [0.05, 0.1) is 0 Å². The molecule has 0 radical (unpaired) electrons. The van der Waals surface area contributed by atoms with Crippen LogP contribution in [0.1, 0.15) is 47.5 Å². The molecular formula is C14H30N2. The number of hydrogen-bond acceptors (Lipinski definition) is 2. The fourth-order valence-corrected chi connectivity index (χ4v) is 2.52. The van der Waals surface area contributed by atoms with E-state index in [-0.39, 0.29) is 5.54 Å². The fraction of sp³-hybridized carbons (Fsp3) is 1.00. The van der Waals surface area contributed by atoms with E-state index in [2.05, 4.69) is 51.9 Å². The Morgan fingerprint density at radius 2 is 1.88 bits per heavy atom. The van der Waals surface area contributed by atoms with E-state index in [4.69, 9.17) is 0 Å². The Balaban J connectivity index is 2.29. The largest absolute Gasteiger partial charge is 0.312 e. The van der Waals surface area contributed by atoms with Crippen LogP contribution in [0.15, 0.2) is 0 Å². The zero-order valence-corrected chi connectivity index (χ0v) is 12.0. The summed E-state index contributed by atoms with van der Waals surface area (Å²) in [6.07, 6.45) is 2.79. The van der Waals surface area contributed by atoms with E-state index in [9.17, 15) is 0 Å². The van der Waals surface area contributed by atoms with Crippen LogP contribution in [0.3, 0.4) is 0 Å². The van der Waals surface area contributed by atoms with E-state index < -0.39 is 0 Å². The second-order valence-electron chi connectivity index (χ2n) is 6.87. The van der Waals surface area contributed by atoms with Gasteiger partial charge in [0.25, 0.3) is 0 Å². The molecule has 0 spiro atoms. The molecule has 1 aliphatic carbocycles. The summed E-state index contributed by atoms with van der Waals surface area (Å²) < 4.78 is 0. The summed E-state index contributed by atoms with van der Waals surface area (Å²) in [7, 11) is 2.29. The smallest absolute Gasteiger partial charge is 0.0133 e. The van der Waals surface area contributed by atoms with Crippen molar-refractivity contribution in [3.8, 4) is 0 Å². The quantitative estimate of drug-likeness (QED) is 0.775. The molecule has 2 heteroatoms. The average Bonchev–Trinajstić information content (AvgIpc) is 1.97. The molecular weight excluding hydrogens is 196 g/mol. The van der Waals surface area contributed by atoms with Crippen molar-refractivity contribution in [1.29, 1.82) is 0 Å². The number of nitrogens with zero attached hydrogens (tertiary/aromatic N) is 1. The molecule has 1 fully saturated rings. The van der Waals surface area contributed by atoms with Crippen LogP contribution in [0.25, 0.3) is 0 Å². The molecule has 0 heterocycles. The molecule has 2 unspecified atom stereocenters. The Hall–Kier alpha value is -0.0800. The lowest BCUT2D eigenvalue weighted by Gasteiger charge is -2.44. The van der Waals surface area contributed by atoms with Crippen LogP contribution >= 0.6 is 0 Å². The third-order valence-electron chi connectivity index (χ3n) is 3.49. The molecule has 2 atom stereocenters. The van der Waals surface area contributed by atoms with Gasteiger partial charge in [-0.1, -0.05) is 13.8 Å². The van der Waals surface area contributed by atoms with E-state index in [0.717, 1.165) is 17.9 Å². The van der Waals surface area contributed by atoms with Gasteiger partial charge in [-0.3, -0.25) is 0 Å². The van der Waals surface area contributed by atoms with Gasteiger partial charge < -0.3 is 10.2 Å². The molecule has 0 bridgehead atoms. The van der Waals surface area contributed by atoms with Gasteiger partial charge in [-0.15, -0.1) is 0 Å². The van der Waals surface area contributed by atoms with E-state index in [1.807, 2.05) is 0 Å². The van der Waals surface area contributed by atoms with Gasteiger partial charge >= 0.3 is 0 Å². The number of rotatable bonds is 5. The van der Waals surface area contributed by atoms with Crippen LogP contribution in [0.4, 0.5) is 0 Å². The van der Waals surface area contributed by atoms with Crippen LogP contribution in [0.2, 0.25) is 0 Å². The van der Waals surface area contributed by atoms with Crippen LogP contribution in [-0.2, 0) is 0 Å². The Bertz CT molecular complexity index is 205. The van der Waals surface area contributed by atoms with Gasteiger partial charge in [0.1, 0.15) is 0 Å². The summed E-state index contributed by atoms with van der Waals surface area (Å²) >= 11 is 0. The number of hydrogen-bond donors (Lipinski definition) is 1. The SMILES string of the molecule is CC(C)CN(C)C1CCC1CNC(C)(C)C. The molecule has 96 valence electrons. The summed E-state index contributed by atoms with van der Waals surface area (Å²) in [5, 5.41) is 3.64. The highest BCUT2D eigenvalue weighted by molar-refractivity contribution is 4.90. The van der Waals surface area contributed by atoms with Crippen LogP contribution in [-0.4, -0.2) is 36.6 Å². The summed E-state index contributed by atoms with van der Waals surface area (Å²) in [5.74, 6) is 1.64. The molecule has 1 rings (SSSR count). The second-order valence-corrected chi connectivity index (χ2v) is 6.87. The molecule has 0 aromatic carbocycles. The Morgan fingerprint density at radius 3 is 2.25 bits per heavy atom. The maximum atomic E-state index is 3.64. The highest BCUT2D eigenvalue weighted by atomic mass is 15.1. The molecule has 0 aromatic rings. The zero-order chi connectivity index (χ0) is 12.3. The van der Waals surface area contributed by atoms with E-state index in [1.165, 1.54) is 25.9 Å². The second kappa shape index (κ2) is 5.50. The molecule has 1 aliphatic rings. The Labute approximate surface area is 102 Å². The molecule has 16 heavy (non-hydrogen) atoms. The monoisotopic (exact) mass is 226 g/mol. The summed E-state index contributed by atoms with van der Waals surface area (Å²) in [6, 6.07) is 0.817. The summed E-state index contributed by atoms with van der Waals surface area (Å²) in [6.45, 7) is 13.8. The van der Waals surface area contributed by atoms with Gasteiger partial charge in [0.2, 0.25) is 0 Å². The fourth-order valence-electron chi connectivity index (χ4n) is 2.52. The Morgan fingerprint density at radius 1 is 1.25 bits per heavy atom. The maximum absolute atomic E-state index is 3.64. The van der Waals surface area contributed by atoms with Gasteiger partial charge in [0.15, 0.2) is 0 Å². The van der Waals surface area contributed by atoms with Gasteiger partial charge in [-0.05, 0) is 59.0 Å². The third-order valence-corrected chi connectivity index (χ3v) is 3.49. The topological polar surface area (TPSA) is 15.3 Å². The van der Waals surface area contributed by atoms with Crippen molar-refractivity contribution >= 4 is 0 Å². The minimum absolute atomic E-state index is 0.261. The molecule has 0 amide bonds. The molecule has 1 N–H and O–H groups in total. The van der Waals surface area contributed by atoms with Crippen LogP contribution in [0, 0.1) is 11.8 Å². The third kappa shape index (κ3) is 4.42. The lowest BCUT2D eigenvalue weighted by molar-refractivity contribution is 0.0707. The predicted molar refractivity (Wildman–Crippen MR) is 71.7 cm³/mol. The standard InChI is InChI=1S/C14H30N2/c1-11(2)10-16(6)13-8-7-12(13)9-15-14(3,4)5/h11-13,15H,7-10H2,1-6H3. The first kappa shape index (κ1) is 14.0. The van der Waals surface area contributed by atoms with Gasteiger partial charge in [0, 0.05) is 18.1 Å². The first-order chi connectivity index (χ1) is 7.29. The molecule has 0 aliphatic heterocycles. The molecule has 0 aromatic heterocycles. The predicted octanol–water partition coefficient (Wildman–Crippen LogP) is 2.74. The van der Waals surface area contributed by atoms with Crippen molar-refractivity contribution in [2.75, 3.05) is 20.1 Å². The van der Waals surface area contributed by atoms with E-state index in [0.29, 0.717) is 0 Å². The molecule has 0 saturated heterocycles. The van der Waals surface area contributed by atoms with Crippen molar-refractivity contribution in [2.45, 2.75) is 59.0 Å². The van der Waals surface area contributed by atoms with Gasteiger partial charge in [-0.2, -0.15) is 0 Å². The van der Waals surface area contributed by atoms with Crippen molar-refractivity contribution in [1.82, 2.24) is 10.2 Å². The summed E-state index contributed by atoms with van der Waals surface area (Å²) in [4.78, 5) is 2.56. The minimum Gasteiger partial charge on any atom is -0.312 e. The molecule has 2 nitrogen and oxygen atoms in total. The lowest BCUT2D eigenvalue weighted by Crippen LogP contribution is -2.52. The first-order valence-electron chi connectivity index (χ1n) is 6.75. The normalized spacial score (nSPS) is 26.2. The lowest BCUT2D eigenvalue weighted by atomic mass is 9.78. The Kier molecular flexibility index (Phi) is 4.81. The highest BCUT2D eigenvalue weighted by Crippen LogP contribution is 2.31. The van der Waals surface area contributed by atoms with Crippen molar-refractivity contribution < 1.29 is 0 Å². The van der Waals surface area contributed by atoms with E-state index >= 15 is 0 Å².